The van der Waals surface area contributed by atoms with Gasteiger partial charge in [0.2, 0.25) is 5.91 Å². The van der Waals surface area contributed by atoms with E-state index < -0.39 is 23.1 Å². The van der Waals surface area contributed by atoms with E-state index in [1.54, 1.807) is 13.0 Å². The molecule has 1 aliphatic rings. The number of benzene rings is 2. The molecule has 0 bridgehead atoms. The van der Waals surface area contributed by atoms with E-state index in [0.717, 1.165) is 28.5 Å². The summed E-state index contributed by atoms with van der Waals surface area (Å²) in [5.74, 6) is -1.74. The van der Waals surface area contributed by atoms with Gasteiger partial charge in [-0.25, -0.2) is 9.59 Å². The molecule has 0 fully saturated rings. The van der Waals surface area contributed by atoms with Crippen molar-refractivity contribution in [1.82, 2.24) is 4.57 Å². The van der Waals surface area contributed by atoms with Gasteiger partial charge >= 0.3 is 11.9 Å². The second kappa shape index (κ2) is 9.84. The zero-order chi connectivity index (χ0) is 25.3. The maximum absolute atomic E-state index is 13.8. The molecule has 0 spiro atoms. The van der Waals surface area contributed by atoms with Gasteiger partial charge in [0.25, 0.3) is 0 Å². The van der Waals surface area contributed by atoms with Crippen LogP contribution in [0.5, 0.6) is 0 Å². The van der Waals surface area contributed by atoms with Gasteiger partial charge in [0, 0.05) is 5.22 Å². The summed E-state index contributed by atoms with van der Waals surface area (Å²) in [6.07, 6.45) is 1.76. The standard InChI is InChI=1S/C27H26N2O5S/c1-5-34-27(32)24-21-19(14-17-10-6-15(2)7-11-17)20(28)22(26(31)33-4)29(21)25(30)23(35-24)18-12-8-16(3)9-13-18/h6-14,23H,5,28H2,1-4H3/b19-14+/t23-/m1/s1. The molecule has 1 atom stereocenters. The molecule has 180 valence electrons. The minimum atomic E-state index is -0.773. The number of ether oxygens (including phenoxy) is 2. The Bertz CT molecular complexity index is 1440. The van der Waals surface area contributed by atoms with Gasteiger partial charge in [-0.2, -0.15) is 0 Å². The Kier molecular flexibility index (Phi) is 6.84. The number of fused-ring (bicyclic) bond motifs is 1. The number of esters is 2. The number of hydrogen-bond donors (Lipinski definition) is 1. The summed E-state index contributed by atoms with van der Waals surface area (Å²) in [5.41, 5.74) is 10.0. The smallest absolute Gasteiger partial charge is 0.357 e. The van der Waals surface area contributed by atoms with E-state index >= 15 is 0 Å². The first kappa shape index (κ1) is 24.3. The van der Waals surface area contributed by atoms with Crippen molar-refractivity contribution < 1.29 is 23.9 Å². The second-order valence-corrected chi connectivity index (χ2v) is 9.32. The van der Waals surface area contributed by atoms with Gasteiger partial charge in [-0.15, -0.1) is 0 Å². The van der Waals surface area contributed by atoms with Crippen molar-refractivity contribution in [2.24, 2.45) is 0 Å². The van der Waals surface area contributed by atoms with E-state index in [1.165, 1.54) is 11.7 Å². The normalized spacial score (nSPS) is 15.7. The number of thioether (sulfide) groups is 1. The topological polar surface area (TPSA) is 101 Å². The fraction of sp³-hybridized carbons (Fsp3) is 0.222. The van der Waals surface area contributed by atoms with Gasteiger partial charge in [-0.1, -0.05) is 71.4 Å². The van der Waals surface area contributed by atoms with Crippen molar-refractivity contribution in [2.45, 2.75) is 26.0 Å². The molecule has 0 amide bonds. The summed E-state index contributed by atoms with van der Waals surface area (Å²) < 4.78 is 11.5. The third kappa shape index (κ3) is 4.49. The molecule has 7 nitrogen and oxygen atoms in total. The van der Waals surface area contributed by atoms with Crippen molar-refractivity contribution >= 4 is 46.3 Å². The van der Waals surface area contributed by atoms with Crippen LogP contribution < -0.4 is 16.3 Å². The van der Waals surface area contributed by atoms with Crippen LogP contribution in [0.3, 0.4) is 0 Å². The quantitative estimate of drug-likeness (QED) is 0.549. The molecular formula is C27H26N2O5S. The van der Waals surface area contributed by atoms with E-state index in [-0.39, 0.29) is 28.2 Å². The molecule has 0 radical (unpaired) electrons. The number of hydrogen-bond acceptors (Lipinski definition) is 7. The molecule has 8 heteroatoms. The largest absolute Gasteiger partial charge is 0.464 e. The molecular weight excluding hydrogens is 464 g/mol. The monoisotopic (exact) mass is 490 g/mol. The zero-order valence-corrected chi connectivity index (χ0v) is 20.8. The molecule has 0 unspecified atom stereocenters. The second-order valence-electron chi connectivity index (χ2n) is 8.20. The third-order valence-corrected chi connectivity index (χ3v) is 7.06. The van der Waals surface area contributed by atoms with Crippen molar-refractivity contribution in [3.05, 3.63) is 87.0 Å². The summed E-state index contributed by atoms with van der Waals surface area (Å²) in [6, 6.07) is 15.1. The van der Waals surface area contributed by atoms with Crippen LogP contribution in [0.15, 0.2) is 48.5 Å². The number of nitrogens with two attached hydrogens (primary N) is 1. The molecule has 2 N–H and O–H groups in total. The van der Waals surface area contributed by atoms with E-state index in [9.17, 15) is 14.4 Å². The van der Waals surface area contributed by atoms with Gasteiger partial charge in [-0.3, -0.25) is 9.36 Å². The van der Waals surface area contributed by atoms with Crippen LogP contribution in [0.25, 0.3) is 11.0 Å². The van der Waals surface area contributed by atoms with Gasteiger partial charge in [0.05, 0.1) is 24.8 Å². The zero-order valence-electron chi connectivity index (χ0n) is 20.0. The lowest BCUT2D eigenvalue weighted by Gasteiger charge is -2.23. The Morgan fingerprint density at radius 2 is 1.63 bits per heavy atom. The van der Waals surface area contributed by atoms with Crippen LogP contribution in [0.1, 0.15) is 49.7 Å². The Labute approximate surface area is 207 Å². The summed E-state index contributed by atoms with van der Waals surface area (Å²) in [6.45, 7) is 5.79. The van der Waals surface area contributed by atoms with Crippen molar-refractivity contribution in [3.63, 3.8) is 0 Å². The SMILES string of the molecule is CCOC(=O)C1=c2/c(=C/c3ccc(C)cc3)c(N)c(C(=O)OC)n2C(=O)[C@@H](c2ccc(C)cc2)S1. The van der Waals surface area contributed by atoms with Crippen LogP contribution in [-0.2, 0) is 14.3 Å². The molecule has 0 saturated carbocycles. The molecule has 1 aromatic heterocycles. The van der Waals surface area contributed by atoms with Crippen molar-refractivity contribution in [1.29, 1.82) is 0 Å². The van der Waals surface area contributed by atoms with Crippen LogP contribution >= 0.6 is 11.8 Å². The highest BCUT2D eigenvalue weighted by molar-refractivity contribution is 8.10. The minimum Gasteiger partial charge on any atom is -0.464 e. The predicted octanol–water partition coefficient (Wildman–Crippen LogP) is 3.10. The minimum absolute atomic E-state index is 0.0627. The molecule has 2 aromatic carbocycles. The van der Waals surface area contributed by atoms with Crippen LogP contribution in [0.4, 0.5) is 5.69 Å². The van der Waals surface area contributed by atoms with Gasteiger partial charge in [0.1, 0.15) is 10.2 Å². The molecule has 0 aliphatic carbocycles. The van der Waals surface area contributed by atoms with Crippen LogP contribution in [0, 0.1) is 13.8 Å². The van der Waals surface area contributed by atoms with Gasteiger partial charge in [0.15, 0.2) is 5.69 Å². The maximum Gasteiger partial charge on any atom is 0.357 e. The summed E-state index contributed by atoms with van der Waals surface area (Å²) in [5, 5.41) is -0.147. The highest BCUT2D eigenvalue weighted by atomic mass is 32.2. The number of aryl methyl sites for hydroxylation is 2. The average Bonchev–Trinajstić information content (AvgIpc) is 3.13. The number of nitrogen functional groups attached to an aromatic ring is 1. The number of aromatic nitrogens is 1. The molecule has 1 aliphatic heterocycles. The summed E-state index contributed by atoms with van der Waals surface area (Å²) in [4.78, 5) is 40.0. The fourth-order valence-corrected chi connectivity index (χ4v) is 5.16. The number of nitrogens with zero attached hydrogens (tertiary/aromatic N) is 1. The Hall–Kier alpha value is -3.78. The summed E-state index contributed by atoms with van der Waals surface area (Å²) >= 11 is 1.10. The number of methoxy groups -OCH3 is 1. The maximum atomic E-state index is 13.8. The Morgan fingerprint density at radius 3 is 2.20 bits per heavy atom. The molecule has 0 saturated heterocycles. The van der Waals surface area contributed by atoms with E-state index in [1.807, 2.05) is 62.4 Å². The first-order chi connectivity index (χ1) is 16.8. The molecule has 4 rings (SSSR count). The molecule has 3 aromatic rings. The van der Waals surface area contributed by atoms with Gasteiger partial charge in [-0.05, 0) is 38.0 Å². The Morgan fingerprint density at radius 1 is 1.03 bits per heavy atom. The van der Waals surface area contributed by atoms with Crippen LogP contribution in [0.2, 0.25) is 0 Å². The number of carbonyl (C=O) groups excluding carboxylic acids is 3. The van der Waals surface area contributed by atoms with Crippen molar-refractivity contribution in [3.8, 4) is 0 Å². The molecule has 2 heterocycles. The third-order valence-electron chi connectivity index (χ3n) is 5.75. The number of rotatable bonds is 5. The predicted molar refractivity (Wildman–Crippen MR) is 136 cm³/mol. The van der Waals surface area contributed by atoms with E-state index in [0.29, 0.717) is 10.8 Å². The van der Waals surface area contributed by atoms with Crippen LogP contribution in [-0.4, -0.2) is 36.1 Å². The first-order valence-electron chi connectivity index (χ1n) is 11.1. The molecule has 35 heavy (non-hydrogen) atoms. The Balaban J connectivity index is 2.09. The number of anilines is 1. The lowest BCUT2D eigenvalue weighted by Crippen LogP contribution is -2.42. The highest BCUT2D eigenvalue weighted by Gasteiger charge is 2.38. The fourth-order valence-electron chi connectivity index (χ4n) is 3.96. The lowest BCUT2D eigenvalue weighted by molar-refractivity contribution is -0.135. The highest BCUT2D eigenvalue weighted by Crippen LogP contribution is 2.39. The van der Waals surface area contributed by atoms with E-state index in [2.05, 4.69) is 0 Å². The van der Waals surface area contributed by atoms with Gasteiger partial charge < -0.3 is 15.2 Å². The summed E-state index contributed by atoms with van der Waals surface area (Å²) in [7, 11) is 1.22. The first-order valence-corrected chi connectivity index (χ1v) is 12.0. The number of carbonyl (C=O) groups is 3. The lowest BCUT2D eigenvalue weighted by atomic mass is 10.1. The average molecular weight is 491 g/mol. The van der Waals surface area contributed by atoms with Crippen molar-refractivity contribution in [2.75, 3.05) is 19.5 Å². The van der Waals surface area contributed by atoms with E-state index in [4.69, 9.17) is 15.2 Å².